The fourth-order valence-electron chi connectivity index (χ4n) is 3.44. The van der Waals surface area contributed by atoms with Crippen LogP contribution in [0.5, 0.6) is 0 Å². The Morgan fingerprint density at radius 3 is 2.07 bits per heavy atom. The molecule has 1 N–H and O–H groups in total. The summed E-state index contributed by atoms with van der Waals surface area (Å²) in [5.41, 5.74) is 1.39. The molecular formula is C14H27N. The van der Waals surface area contributed by atoms with Gasteiger partial charge in [0.05, 0.1) is 0 Å². The highest BCUT2D eigenvalue weighted by atomic mass is 15.0. The number of hydrogen-bond acceptors (Lipinski definition) is 1. The highest BCUT2D eigenvalue weighted by molar-refractivity contribution is 5.07. The molecule has 0 aromatic carbocycles. The van der Waals surface area contributed by atoms with Crippen molar-refractivity contribution in [2.75, 3.05) is 6.54 Å². The highest BCUT2D eigenvalue weighted by Crippen LogP contribution is 2.50. The van der Waals surface area contributed by atoms with Crippen LogP contribution in [-0.4, -0.2) is 12.1 Å². The minimum absolute atomic E-state index is 0.352. The summed E-state index contributed by atoms with van der Waals surface area (Å²) in [6.45, 7) is 10.8. The summed E-state index contributed by atoms with van der Waals surface area (Å²) in [6.07, 6.45) is 8.71. The van der Waals surface area contributed by atoms with Crippen LogP contribution in [0.4, 0.5) is 0 Å². The minimum Gasteiger partial charge on any atom is -0.310 e. The van der Waals surface area contributed by atoms with E-state index in [-0.39, 0.29) is 0 Å². The third kappa shape index (κ3) is 1.95. The van der Waals surface area contributed by atoms with Gasteiger partial charge in [0, 0.05) is 12.1 Å². The second-order valence-electron chi connectivity index (χ2n) is 7.17. The van der Waals surface area contributed by atoms with Crippen molar-refractivity contribution < 1.29 is 0 Å². The summed E-state index contributed by atoms with van der Waals surface area (Å²) in [6, 6.07) is 0. The van der Waals surface area contributed by atoms with Crippen LogP contribution in [0.25, 0.3) is 0 Å². The van der Waals surface area contributed by atoms with Gasteiger partial charge in [0.15, 0.2) is 0 Å². The molecule has 0 radical (unpaired) electrons. The van der Waals surface area contributed by atoms with Gasteiger partial charge in [-0.25, -0.2) is 0 Å². The molecule has 2 aliphatic rings. The summed E-state index contributed by atoms with van der Waals surface area (Å²) in [7, 11) is 0. The van der Waals surface area contributed by atoms with Crippen LogP contribution >= 0.6 is 0 Å². The molecule has 1 saturated carbocycles. The van der Waals surface area contributed by atoms with Crippen molar-refractivity contribution in [2.24, 2.45) is 10.8 Å². The van der Waals surface area contributed by atoms with E-state index in [4.69, 9.17) is 0 Å². The van der Waals surface area contributed by atoms with E-state index in [1.165, 1.54) is 45.1 Å². The lowest BCUT2D eigenvalue weighted by atomic mass is 9.65. The van der Waals surface area contributed by atoms with Crippen molar-refractivity contribution in [1.29, 1.82) is 0 Å². The zero-order valence-corrected chi connectivity index (χ0v) is 10.9. The molecule has 0 aromatic rings. The van der Waals surface area contributed by atoms with Gasteiger partial charge in [0.25, 0.3) is 0 Å². The van der Waals surface area contributed by atoms with Gasteiger partial charge in [0.2, 0.25) is 0 Å². The standard InChI is InChI=1S/C14H27N/c1-12(2,3)13(4)10-14(11-15-13)8-6-5-7-9-14/h15H,5-11H2,1-4H3. The molecule has 0 bridgehead atoms. The normalized spacial score (nSPS) is 36.0. The molecule has 88 valence electrons. The van der Waals surface area contributed by atoms with Gasteiger partial charge in [-0.2, -0.15) is 0 Å². The zero-order valence-electron chi connectivity index (χ0n) is 10.9. The van der Waals surface area contributed by atoms with E-state index in [2.05, 4.69) is 33.0 Å². The van der Waals surface area contributed by atoms with Crippen molar-refractivity contribution in [3.05, 3.63) is 0 Å². The van der Waals surface area contributed by atoms with E-state index in [0.717, 1.165) is 0 Å². The van der Waals surface area contributed by atoms with Crippen molar-refractivity contribution >= 4 is 0 Å². The van der Waals surface area contributed by atoms with E-state index in [1.54, 1.807) is 0 Å². The summed E-state index contributed by atoms with van der Waals surface area (Å²) < 4.78 is 0. The SMILES string of the molecule is CC(C)(C)C1(C)CC2(CCCCC2)CN1. The molecule has 15 heavy (non-hydrogen) atoms. The fraction of sp³-hybridized carbons (Fsp3) is 1.00. The fourth-order valence-corrected chi connectivity index (χ4v) is 3.44. The minimum atomic E-state index is 0.352. The quantitative estimate of drug-likeness (QED) is 0.641. The molecule has 0 aromatic heterocycles. The van der Waals surface area contributed by atoms with Crippen molar-refractivity contribution in [2.45, 2.75) is 71.8 Å². The van der Waals surface area contributed by atoms with Gasteiger partial charge in [-0.3, -0.25) is 0 Å². The van der Waals surface area contributed by atoms with Gasteiger partial charge < -0.3 is 5.32 Å². The van der Waals surface area contributed by atoms with Gasteiger partial charge in [-0.05, 0) is 37.0 Å². The molecule has 0 amide bonds. The lowest BCUT2D eigenvalue weighted by Gasteiger charge is -2.41. The molecule has 1 saturated heterocycles. The van der Waals surface area contributed by atoms with Crippen LogP contribution in [0.2, 0.25) is 0 Å². The van der Waals surface area contributed by atoms with Crippen LogP contribution in [0.1, 0.15) is 66.2 Å². The maximum Gasteiger partial charge on any atom is 0.0207 e. The van der Waals surface area contributed by atoms with Crippen LogP contribution in [0, 0.1) is 10.8 Å². The molecule has 1 aliphatic heterocycles. The Hall–Kier alpha value is -0.0400. The van der Waals surface area contributed by atoms with Crippen molar-refractivity contribution in [3.63, 3.8) is 0 Å². The number of hydrogen-bond donors (Lipinski definition) is 1. The van der Waals surface area contributed by atoms with Gasteiger partial charge in [0.1, 0.15) is 0 Å². The summed E-state index contributed by atoms with van der Waals surface area (Å²) >= 11 is 0. The second kappa shape index (κ2) is 3.48. The summed E-state index contributed by atoms with van der Waals surface area (Å²) in [4.78, 5) is 0. The van der Waals surface area contributed by atoms with E-state index < -0.39 is 0 Å². The number of nitrogens with one attached hydrogen (secondary N) is 1. The summed E-state index contributed by atoms with van der Waals surface area (Å²) in [5.74, 6) is 0. The molecule has 2 fully saturated rings. The Morgan fingerprint density at radius 2 is 1.60 bits per heavy atom. The average Bonchev–Trinajstić information content (AvgIpc) is 2.45. The molecule has 1 heterocycles. The monoisotopic (exact) mass is 209 g/mol. The third-order valence-corrected chi connectivity index (χ3v) is 5.15. The first-order valence-corrected chi connectivity index (χ1v) is 6.62. The van der Waals surface area contributed by atoms with E-state index in [9.17, 15) is 0 Å². The molecule has 1 unspecified atom stereocenters. The Kier molecular flexibility index (Phi) is 2.65. The first-order chi connectivity index (χ1) is 6.87. The van der Waals surface area contributed by atoms with Crippen LogP contribution < -0.4 is 5.32 Å². The van der Waals surface area contributed by atoms with Crippen molar-refractivity contribution in [1.82, 2.24) is 5.32 Å². The van der Waals surface area contributed by atoms with Gasteiger partial charge >= 0.3 is 0 Å². The highest BCUT2D eigenvalue weighted by Gasteiger charge is 2.50. The third-order valence-electron chi connectivity index (χ3n) is 5.15. The number of rotatable bonds is 0. The van der Waals surface area contributed by atoms with Crippen LogP contribution in [0.3, 0.4) is 0 Å². The van der Waals surface area contributed by atoms with E-state index in [0.29, 0.717) is 16.4 Å². The van der Waals surface area contributed by atoms with Gasteiger partial charge in [-0.15, -0.1) is 0 Å². The lowest BCUT2D eigenvalue weighted by Crippen LogP contribution is -2.48. The Labute approximate surface area is 95.0 Å². The molecule has 2 rings (SSSR count). The maximum atomic E-state index is 3.83. The molecule has 1 spiro atoms. The summed E-state index contributed by atoms with van der Waals surface area (Å²) in [5, 5.41) is 3.83. The molecular weight excluding hydrogens is 182 g/mol. The average molecular weight is 209 g/mol. The largest absolute Gasteiger partial charge is 0.310 e. The molecule has 1 nitrogen and oxygen atoms in total. The van der Waals surface area contributed by atoms with Crippen LogP contribution in [0.15, 0.2) is 0 Å². The molecule has 1 atom stereocenters. The predicted molar refractivity (Wildman–Crippen MR) is 66.0 cm³/mol. The first kappa shape index (κ1) is 11.4. The molecule has 1 aliphatic carbocycles. The smallest absolute Gasteiger partial charge is 0.0207 e. The topological polar surface area (TPSA) is 12.0 Å². The van der Waals surface area contributed by atoms with E-state index in [1.807, 2.05) is 0 Å². The predicted octanol–water partition coefficient (Wildman–Crippen LogP) is 3.74. The lowest BCUT2D eigenvalue weighted by molar-refractivity contribution is 0.141. The first-order valence-electron chi connectivity index (χ1n) is 6.62. The Morgan fingerprint density at radius 1 is 1.00 bits per heavy atom. The van der Waals surface area contributed by atoms with E-state index >= 15 is 0 Å². The van der Waals surface area contributed by atoms with Crippen LogP contribution in [-0.2, 0) is 0 Å². The Bertz CT molecular complexity index is 232. The Balaban J connectivity index is 2.11. The zero-order chi connectivity index (χ0) is 11.2. The van der Waals surface area contributed by atoms with Gasteiger partial charge in [-0.1, -0.05) is 40.0 Å². The molecule has 1 heteroatoms. The maximum absolute atomic E-state index is 3.83. The van der Waals surface area contributed by atoms with Crippen molar-refractivity contribution in [3.8, 4) is 0 Å². The second-order valence-corrected chi connectivity index (χ2v) is 7.17.